The molecule has 1 N–H and O–H groups in total. The highest BCUT2D eigenvalue weighted by Crippen LogP contribution is 2.21. The first-order chi connectivity index (χ1) is 7.76. The Bertz CT molecular complexity index is 513. The standard InChI is InChI=1S/C12H16N4/c1-4-9-6-5-7-10-11(9)15-12(14-10)8(2)16-13-3/h5-8H,4H2,1-3H3,(H,14,15). The lowest BCUT2D eigenvalue weighted by Crippen LogP contribution is -1.91. The Morgan fingerprint density at radius 2 is 2.25 bits per heavy atom. The number of para-hydroxylation sites is 1. The fourth-order valence-corrected chi connectivity index (χ4v) is 1.82. The third-order valence-corrected chi connectivity index (χ3v) is 2.68. The smallest absolute Gasteiger partial charge is 0.133 e. The molecule has 84 valence electrons. The Morgan fingerprint density at radius 1 is 1.44 bits per heavy atom. The number of aromatic amines is 1. The molecule has 0 aliphatic heterocycles. The lowest BCUT2D eigenvalue weighted by atomic mass is 10.1. The minimum absolute atomic E-state index is 0.0119. The second-order valence-corrected chi connectivity index (χ2v) is 3.78. The molecule has 1 aromatic carbocycles. The molecule has 0 fully saturated rings. The Balaban J connectivity index is 2.51. The molecule has 2 rings (SSSR count). The average Bonchev–Trinajstić information content (AvgIpc) is 2.72. The van der Waals surface area contributed by atoms with Crippen molar-refractivity contribution in [3.05, 3.63) is 29.6 Å². The number of hydrogen-bond acceptors (Lipinski definition) is 3. The summed E-state index contributed by atoms with van der Waals surface area (Å²) < 4.78 is 0. The summed E-state index contributed by atoms with van der Waals surface area (Å²) in [6, 6.07) is 6.19. The van der Waals surface area contributed by atoms with Crippen LogP contribution < -0.4 is 0 Å². The minimum atomic E-state index is -0.0119. The van der Waals surface area contributed by atoms with Gasteiger partial charge in [-0.3, -0.25) is 0 Å². The van der Waals surface area contributed by atoms with Crippen LogP contribution in [0.25, 0.3) is 11.0 Å². The van der Waals surface area contributed by atoms with E-state index in [0.717, 1.165) is 23.3 Å². The lowest BCUT2D eigenvalue weighted by Gasteiger charge is -1.97. The van der Waals surface area contributed by atoms with Crippen molar-refractivity contribution in [1.29, 1.82) is 0 Å². The third-order valence-electron chi connectivity index (χ3n) is 2.68. The van der Waals surface area contributed by atoms with Crippen molar-refractivity contribution in [2.45, 2.75) is 26.3 Å². The zero-order valence-electron chi connectivity index (χ0n) is 9.86. The summed E-state index contributed by atoms with van der Waals surface area (Å²) in [4.78, 5) is 7.88. The first-order valence-corrected chi connectivity index (χ1v) is 5.52. The summed E-state index contributed by atoms with van der Waals surface area (Å²) in [5, 5.41) is 7.87. The van der Waals surface area contributed by atoms with Crippen molar-refractivity contribution in [1.82, 2.24) is 9.97 Å². The van der Waals surface area contributed by atoms with Gasteiger partial charge in [0.05, 0.1) is 11.0 Å². The quantitative estimate of drug-likeness (QED) is 0.786. The topological polar surface area (TPSA) is 53.4 Å². The first-order valence-electron chi connectivity index (χ1n) is 5.52. The van der Waals surface area contributed by atoms with E-state index < -0.39 is 0 Å². The van der Waals surface area contributed by atoms with Crippen molar-refractivity contribution < 1.29 is 0 Å². The van der Waals surface area contributed by atoms with Crippen LogP contribution in [0.2, 0.25) is 0 Å². The van der Waals surface area contributed by atoms with E-state index in [1.165, 1.54) is 5.56 Å². The molecule has 1 atom stereocenters. The van der Waals surface area contributed by atoms with Crippen molar-refractivity contribution in [3.8, 4) is 0 Å². The van der Waals surface area contributed by atoms with Crippen molar-refractivity contribution >= 4 is 11.0 Å². The van der Waals surface area contributed by atoms with Crippen molar-refractivity contribution in [2.75, 3.05) is 7.05 Å². The summed E-state index contributed by atoms with van der Waals surface area (Å²) >= 11 is 0. The van der Waals surface area contributed by atoms with Crippen LogP contribution in [-0.4, -0.2) is 17.0 Å². The Kier molecular flexibility index (Phi) is 2.99. The highest BCUT2D eigenvalue weighted by Gasteiger charge is 2.11. The van der Waals surface area contributed by atoms with Crippen LogP contribution in [0, 0.1) is 0 Å². The molecule has 4 nitrogen and oxygen atoms in total. The van der Waals surface area contributed by atoms with Gasteiger partial charge in [0.15, 0.2) is 0 Å². The van der Waals surface area contributed by atoms with E-state index in [1.807, 2.05) is 13.0 Å². The highest BCUT2D eigenvalue weighted by molar-refractivity contribution is 5.78. The summed E-state index contributed by atoms with van der Waals surface area (Å²) in [6.45, 7) is 4.12. The molecule has 0 spiro atoms. The van der Waals surface area contributed by atoms with E-state index in [9.17, 15) is 0 Å². The second-order valence-electron chi connectivity index (χ2n) is 3.78. The van der Waals surface area contributed by atoms with Crippen LogP contribution >= 0.6 is 0 Å². The number of fused-ring (bicyclic) bond motifs is 1. The molecular weight excluding hydrogens is 200 g/mol. The maximum atomic E-state index is 4.59. The molecule has 0 saturated carbocycles. The SMILES string of the molecule is CCc1cccc2[nH]c(C(C)N=NC)nc12. The van der Waals surface area contributed by atoms with Crippen molar-refractivity contribution in [3.63, 3.8) is 0 Å². The van der Waals surface area contributed by atoms with E-state index in [-0.39, 0.29) is 6.04 Å². The first kappa shape index (κ1) is 10.8. The predicted molar refractivity (Wildman–Crippen MR) is 64.7 cm³/mol. The van der Waals surface area contributed by atoms with Gasteiger partial charge in [-0.2, -0.15) is 10.2 Å². The molecule has 0 bridgehead atoms. The number of nitrogens with one attached hydrogen (secondary N) is 1. The van der Waals surface area contributed by atoms with Crippen LogP contribution in [0.4, 0.5) is 0 Å². The number of imidazole rings is 1. The molecule has 1 aromatic heterocycles. The van der Waals surface area contributed by atoms with E-state index >= 15 is 0 Å². The van der Waals surface area contributed by atoms with Gasteiger partial charge in [0.1, 0.15) is 11.9 Å². The highest BCUT2D eigenvalue weighted by atomic mass is 15.1. The van der Waals surface area contributed by atoms with Crippen LogP contribution in [0.3, 0.4) is 0 Å². The van der Waals surface area contributed by atoms with Gasteiger partial charge < -0.3 is 4.98 Å². The molecule has 16 heavy (non-hydrogen) atoms. The molecule has 0 aliphatic carbocycles. The fraction of sp³-hybridized carbons (Fsp3) is 0.417. The van der Waals surface area contributed by atoms with E-state index in [1.54, 1.807) is 7.05 Å². The summed E-state index contributed by atoms with van der Waals surface area (Å²) in [7, 11) is 1.68. The van der Waals surface area contributed by atoms with Gasteiger partial charge in [0, 0.05) is 7.05 Å². The van der Waals surface area contributed by atoms with Gasteiger partial charge >= 0.3 is 0 Å². The monoisotopic (exact) mass is 216 g/mol. The summed E-state index contributed by atoms with van der Waals surface area (Å²) in [5.41, 5.74) is 3.39. The largest absolute Gasteiger partial charge is 0.340 e. The second kappa shape index (κ2) is 4.43. The van der Waals surface area contributed by atoms with Gasteiger partial charge in [-0.25, -0.2) is 4.98 Å². The van der Waals surface area contributed by atoms with E-state index in [0.29, 0.717) is 0 Å². The van der Waals surface area contributed by atoms with Crippen LogP contribution in [0.1, 0.15) is 31.3 Å². The summed E-state index contributed by atoms with van der Waals surface area (Å²) in [5.74, 6) is 0.876. The van der Waals surface area contributed by atoms with Crippen LogP contribution in [-0.2, 0) is 6.42 Å². The molecular formula is C12H16N4. The van der Waals surface area contributed by atoms with E-state index in [4.69, 9.17) is 0 Å². The number of azo groups is 1. The van der Waals surface area contributed by atoms with E-state index in [2.05, 4.69) is 39.3 Å². The van der Waals surface area contributed by atoms with Gasteiger partial charge in [-0.05, 0) is 25.0 Å². The van der Waals surface area contributed by atoms with Gasteiger partial charge in [0.25, 0.3) is 0 Å². The van der Waals surface area contributed by atoms with Gasteiger partial charge in [0.2, 0.25) is 0 Å². The number of aryl methyl sites for hydroxylation is 1. The maximum Gasteiger partial charge on any atom is 0.133 e. The minimum Gasteiger partial charge on any atom is -0.340 e. The third kappa shape index (κ3) is 1.83. The number of hydrogen-bond donors (Lipinski definition) is 1. The molecule has 1 heterocycles. The Morgan fingerprint density at radius 3 is 2.94 bits per heavy atom. The van der Waals surface area contributed by atoms with Crippen LogP contribution in [0.5, 0.6) is 0 Å². The molecule has 4 heteroatoms. The molecule has 0 saturated heterocycles. The molecule has 0 radical (unpaired) electrons. The van der Waals surface area contributed by atoms with Gasteiger partial charge in [-0.1, -0.05) is 19.1 Å². The lowest BCUT2D eigenvalue weighted by molar-refractivity contribution is 0.709. The number of nitrogens with zero attached hydrogens (tertiary/aromatic N) is 3. The zero-order chi connectivity index (χ0) is 11.5. The predicted octanol–water partition coefficient (Wildman–Crippen LogP) is 3.27. The Hall–Kier alpha value is -1.71. The fourth-order valence-electron chi connectivity index (χ4n) is 1.82. The number of rotatable bonds is 3. The maximum absolute atomic E-state index is 4.59. The van der Waals surface area contributed by atoms with Crippen molar-refractivity contribution in [2.24, 2.45) is 10.2 Å². The normalized spacial score (nSPS) is 13.7. The number of benzene rings is 1. The number of H-pyrrole nitrogens is 1. The molecule has 2 aromatic rings. The summed E-state index contributed by atoms with van der Waals surface area (Å²) in [6.07, 6.45) is 0.991. The molecule has 1 unspecified atom stereocenters. The van der Waals surface area contributed by atoms with Gasteiger partial charge in [-0.15, -0.1) is 0 Å². The van der Waals surface area contributed by atoms with Crippen LogP contribution in [0.15, 0.2) is 28.4 Å². The molecule has 0 aliphatic rings. The zero-order valence-corrected chi connectivity index (χ0v) is 9.86. The Labute approximate surface area is 94.8 Å². The number of aromatic nitrogens is 2. The average molecular weight is 216 g/mol. The molecule has 0 amide bonds.